The van der Waals surface area contributed by atoms with E-state index in [9.17, 15) is 9.90 Å². The highest BCUT2D eigenvalue weighted by molar-refractivity contribution is 14.1. The van der Waals surface area contributed by atoms with Crippen LogP contribution in [0.1, 0.15) is 5.56 Å². The predicted octanol–water partition coefficient (Wildman–Crippen LogP) is 3.56. The molecule has 0 fully saturated rings. The van der Waals surface area contributed by atoms with Gasteiger partial charge in [-0.25, -0.2) is 4.79 Å². The Balaban J connectivity index is 2.63. The maximum atomic E-state index is 12.0. The summed E-state index contributed by atoms with van der Waals surface area (Å²) in [5.41, 5.74) is 0.670. The molecule has 0 atom stereocenters. The Kier molecular flexibility index (Phi) is 2.55. The topological polar surface area (TPSA) is 50.4 Å². The largest absolute Gasteiger partial charge is 0.508 e. The molecule has 90 valence electrons. The Morgan fingerprint density at radius 3 is 2.61 bits per heavy atom. The molecule has 1 N–H and O–H groups in total. The van der Waals surface area contributed by atoms with Crippen LogP contribution in [0.25, 0.3) is 21.7 Å². The summed E-state index contributed by atoms with van der Waals surface area (Å²) >= 11 is 2.16. The van der Waals surface area contributed by atoms with Crippen molar-refractivity contribution in [2.45, 2.75) is 6.92 Å². The molecule has 0 saturated carbocycles. The maximum absolute atomic E-state index is 12.0. The first-order chi connectivity index (χ1) is 8.58. The average Bonchev–Trinajstić information content (AvgIpc) is 2.35. The van der Waals surface area contributed by atoms with Crippen molar-refractivity contribution >= 4 is 44.3 Å². The van der Waals surface area contributed by atoms with E-state index in [1.165, 1.54) is 0 Å². The van der Waals surface area contributed by atoms with E-state index in [-0.39, 0.29) is 11.4 Å². The van der Waals surface area contributed by atoms with Crippen LogP contribution in [-0.4, -0.2) is 5.11 Å². The van der Waals surface area contributed by atoms with Gasteiger partial charge in [-0.3, -0.25) is 0 Å². The van der Waals surface area contributed by atoms with Gasteiger partial charge in [-0.1, -0.05) is 6.07 Å². The van der Waals surface area contributed by atoms with Crippen molar-refractivity contribution in [1.82, 2.24) is 0 Å². The highest BCUT2D eigenvalue weighted by Gasteiger charge is 2.11. The molecule has 0 aliphatic rings. The van der Waals surface area contributed by atoms with E-state index in [0.29, 0.717) is 16.5 Å². The maximum Gasteiger partial charge on any atom is 0.344 e. The number of rotatable bonds is 0. The van der Waals surface area contributed by atoms with Crippen LogP contribution in [0.3, 0.4) is 0 Å². The third-order valence-electron chi connectivity index (χ3n) is 3.06. The van der Waals surface area contributed by atoms with Crippen molar-refractivity contribution in [2.24, 2.45) is 0 Å². The molecule has 3 aromatic rings. The second-order valence-corrected chi connectivity index (χ2v) is 5.41. The summed E-state index contributed by atoms with van der Waals surface area (Å²) in [5, 5.41) is 11.9. The number of aryl methyl sites for hydroxylation is 1. The molecule has 2 aromatic carbocycles. The van der Waals surface area contributed by atoms with E-state index in [1.807, 2.05) is 18.2 Å². The molecule has 18 heavy (non-hydrogen) atoms. The molecule has 3 nitrogen and oxygen atoms in total. The van der Waals surface area contributed by atoms with Gasteiger partial charge in [0.25, 0.3) is 0 Å². The first-order valence-corrected chi connectivity index (χ1v) is 6.50. The normalized spacial score (nSPS) is 11.2. The molecule has 4 heteroatoms. The minimum atomic E-state index is -0.371. The van der Waals surface area contributed by atoms with Crippen LogP contribution in [0.15, 0.2) is 39.5 Å². The van der Waals surface area contributed by atoms with Crippen molar-refractivity contribution in [2.75, 3.05) is 0 Å². The third-order valence-corrected chi connectivity index (χ3v) is 3.73. The van der Waals surface area contributed by atoms with E-state index in [1.54, 1.807) is 19.1 Å². The first kappa shape index (κ1) is 11.5. The highest BCUT2D eigenvalue weighted by atomic mass is 127. The lowest BCUT2D eigenvalue weighted by molar-refractivity contribution is 0.468. The molecule has 1 aromatic heterocycles. The summed E-state index contributed by atoms with van der Waals surface area (Å²) in [6, 6.07) is 9.06. The van der Waals surface area contributed by atoms with Gasteiger partial charge in [0.05, 0.1) is 5.39 Å². The second kappa shape index (κ2) is 3.98. The molecule has 0 aliphatic heterocycles. The number of hydrogen-bond donors (Lipinski definition) is 1. The van der Waals surface area contributed by atoms with Crippen LogP contribution in [0, 0.1) is 10.5 Å². The Morgan fingerprint density at radius 2 is 1.83 bits per heavy atom. The van der Waals surface area contributed by atoms with Gasteiger partial charge >= 0.3 is 5.63 Å². The molecule has 3 rings (SSSR count). The number of benzene rings is 2. The lowest BCUT2D eigenvalue weighted by atomic mass is 10.0. The minimum Gasteiger partial charge on any atom is -0.508 e. The summed E-state index contributed by atoms with van der Waals surface area (Å²) < 4.78 is 6.31. The van der Waals surface area contributed by atoms with E-state index in [4.69, 9.17) is 4.42 Å². The molecule has 0 saturated heterocycles. The SMILES string of the molecule is Cc1c(O)ccc2c1oc(=O)c1cc(I)ccc12. The van der Waals surface area contributed by atoms with Crippen molar-refractivity contribution in [1.29, 1.82) is 0 Å². The van der Waals surface area contributed by atoms with Crippen LogP contribution >= 0.6 is 22.6 Å². The Morgan fingerprint density at radius 1 is 1.11 bits per heavy atom. The van der Waals surface area contributed by atoms with Crippen LogP contribution in [-0.2, 0) is 0 Å². The van der Waals surface area contributed by atoms with Crippen LogP contribution in [0.5, 0.6) is 5.75 Å². The van der Waals surface area contributed by atoms with Gasteiger partial charge in [0.1, 0.15) is 11.3 Å². The van der Waals surface area contributed by atoms with Crippen molar-refractivity contribution < 1.29 is 9.52 Å². The van der Waals surface area contributed by atoms with Crippen molar-refractivity contribution in [3.63, 3.8) is 0 Å². The zero-order valence-corrected chi connectivity index (χ0v) is 11.7. The second-order valence-electron chi connectivity index (χ2n) is 4.17. The number of phenols is 1. The number of hydrogen-bond acceptors (Lipinski definition) is 3. The van der Waals surface area contributed by atoms with Gasteiger partial charge < -0.3 is 9.52 Å². The van der Waals surface area contributed by atoms with E-state index in [2.05, 4.69) is 22.6 Å². The third kappa shape index (κ3) is 1.59. The van der Waals surface area contributed by atoms with Crippen molar-refractivity contribution in [3.8, 4) is 5.75 Å². The predicted molar refractivity (Wildman–Crippen MR) is 79.1 cm³/mol. The summed E-state index contributed by atoms with van der Waals surface area (Å²) in [6.45, 7) is 1.74. The Labute approximate surface area is 116 Å². The molecule has 1 heterocycles. The molecule has 0 bridgehead atoms. The zero-order chi connectivity index (χ0) is 12.9. The number of halogens is 1. The minimum absolute atomic E-state index is 0.135. The molecule has 0 radical (unpaired) electrons. The summed E-state index contributed by atoms with van der Waals surface area (Å²) in [4.78, 5) is 12.0. The average molecular weight is 352 g/mol. The van der Waals surface area contributed by atoms with Crippen LogP contribution < -0.4 is 5.63 Å². The van der Waals surface area contributed by atoms with Gasteiger partial charge in [-0.15, -0.1) is 0 Å². The Bertz CT molecular complexity index is 834. The number of aromatic hydroxyl groups is 1. The van der Waals surface area contributed by atoms with Gasteiger partial charge in [0.15, 0.2) is 0 Å². The van der Waals surface area contributed by atoms with E-state index < -0.39 is 0 Å². The first-order valence-electron chi connectivity index (χ1n) is 5.42. The number of phenolic OH excluding ortho intramolecular Hbond substituents is 1. The zero-order valence-electron chi connectivity index (χ0n) is 9.53. The van der Waals surface area contributed by atoms with Crippen molar-refractivity contribution in [3.05, 3.63) is 49.9 Å². The van der Waals surface area contributed by atoms with E-state index in [0.717, 1.165) is 14.3 Å². The van der Waals surface area contributed by atoms with E-state index >= 15 is 0 Å². The fourth-order valence-corrected chi connectivity index (χ4v) is 2.58. The Hall–Kier alpha value is -1.56. The molecular weight excluding hydrogens is 343 g/mol. The standard InChI is InChI=1S/C14H9IO3/c1-7-12(16)5-4-10-9-3-2-8(15)6-11(9)14(17)18-13(7)10/h2-6,16H,1H3. The fraction of sp³-hybridized carbons (Fsp3) is 0.0714. The molecule has 0 unspecified atom stereocenters. The van der Waals surface area contributed by atoms with Gasteiger partial charge in [0, 0.05) is 19.9 Å². The molecular formula is C14H9IO3. The lowest BCUT2D eigenvalue weighted by Crippen LogP contribution is -2.00. The smallest absolute Gasteiger partial charge is 0.344 e. The summed E-state index contributed by atoms with van der Waals surface area (Å²) in [7, 11) is 0. The van der Waals surface area contributed by atoms with Gasteiger partial charge in [-0.05, 0) is 53.8 Å². The summed E-state index contributed by atoms with van der Waals surface area (Å²) in [5.74, 6) is 0.135. The summed E-state index contributed by atoms with van der Waals surface area (Å²) in [6.07, 6.45) is 0. The monoisotopic (exact) mass is 352 g/mol. The number of fused-ring (bicyclic) bond motifs is 3. The van der Waals surface area contributed by atoms with Crippen LogP contribution in [0.2, 0.25) is 0 Å². The highest BCUT2D eigenvalue weighted by Crippen LogP contribution is 2.30. The molecule has 0 spiro atoms. The lowest BCUT2D eigenvalue weighted by Gasteiger charge is -2.06. The quantitative estimate of drug-likeness (QED) is 0.382. The fourth-order valence-electron chi connectivity index (χ4n) is 2.09. The van der Waals surface area contributed by atoms with Crippen LogP contribution in [0.4, 0.5) is 0 Å². The molecule has 0 aliphatic carbocycles. The van der Waals surface area contributed by atoms with Gasteiger partial charge in [-0.2, -0.15) is 0 Å². The van der Waals surface area contributed by atoms with Gasteiger partial charge in [0.2, 0.25) is 0 Å². The molecule has 0 amide bonds.